The van der Waals surface area contributed by atoms with Gasteiger partial charge in [0.15, 0.2) is 0 Å². The van der Waals surface area contributed by atoms with Crippen molar-refractivity contribution < 1.29 is 4.11 Å². The second kappa shape index (κ2) is 2.19. The molecule has 0 bridgehead atoms. The minimum atomic E-state index is -2.54. The maximum atomic E-state index is 10.9. The fourth-order valence-electron chi connectivity index (χ4n) is 0.386. The van der Waals surface area contributed by atoms with Crippen LogP contribution in [0.15, 0.2) is 17.1 Å². The van der Waals surface area contributed by atoms with Gasteiger partial charge in [0.25, 0.3) is 5.56 Å². The average molecular weight is 148 g/mol. The third-order valence-corrected chi connectivity index (χ3v) is 0.973. The Bertz CT molecular complexity index is 345. The standard InChI is InChI=1S/C5H5ClN2O/c1-8-5(9)2-4(6)3-7-8/h2-3H,1H3/i1D3. The molecule has 0 unspecified atom stereocenters. The Kier molecular flexibility index (Phi) is 0.818. The zero-order valence-corrected chi connectivity index (χ0v) is 5.09. The highest BCUT2D eigenvalue weighted by molar-refractivity contribution is 6.30. The second-order valence-corrected chi connectivity index (χ2v) is 1.86. The molecule has 0 atom stereocenters. The number of hydrogen-bond donors (Lipinski definition) is 0. The van der Waals surface area contributed by atoms with E-state index in [0.717, 1.165) is 12.3 Å². The minimum absolute atomic E-state index is 0.125. The zero-order chi connectivity index (χ0) is 9.35. The van der Waals surface area contributed by atoms with Gasteiger partial charge < -0.3 is 0 Å². The number of aromatic nitrogens is 2. The van der Waals surface area contributed by atoms with Gasteiger partial charge in [-0.1, -0.05) is 11.6 Å². The lowest BCUT2D eigenvalue weighted by Crippen LogP contribution is -2.17. The number of hydrogen-bond acceptors (Lipinski definition) is 2. The first kappa shape index (κ1) is 3.37. The second-order valence-electron chi connectivity index (χ2n) is 1.42. The zero-order valence-electron chi connectivity index (χ0n) is 7.34. The lowest BCUT2D eigenvalue weighted by atomic mass is 10.6. The molecule has 0 aromatic carbocycles. The van der Waals surface area contributed by atoms with Crippen LogP contribution in [0.2, 0.25) is 5.02 Å². The molecule has 0 saturated carbocycles. The van der Waals surface area contributed by atoms with E-state index in [1.54, 1.807) is 0 Å². The van der Waals surface area contributed by atoms with Crippen molar-refractivity contribution in [2.75, 3.05) is 0 Å². The molecule has 0 amide bonds. The van der Waals surface area contributed by atoms with Gasteiger partial charge in [-0.3, -0.25) is 4.79 Å². The SMILES string of the molecule is [2H]C([2H])([2H])n1ncc(Cl)cc1=O. The van der Waals surface area contributed by atoms with Crippen LogP contribution in [0.1, 0.15) is 4.11 Å². The monoisotopic (exact) mass is 147 g/mol. The molecule has 0 fully saturated rings. The average Bonchev–Trinajstić information content (AvgIpc) is 1.83. The van der Waals surface area contributed by atoms with Gasteiger partial charge >= 0.3 is 0 Å². The van der Waals surface area contributed by atoms with E-state index in [1.807, 2.05) is 0 Å². The van der Waals surface area contributed by atoms with Gasteiger partial charge in [-0.05, 0) is 0 Å². The summed E-state index contributed by atoms with van der Waals surface area (Å²) in [6.07, 6.45) is 1.11. The van der Waals surface area contributed by atoms with E-state index in [9.17, 15) is 4.79 Å². The molecule has 0 N–H and O–H groups in total. The summed E-state index contributed by atoms with van der Waals surface area (Å²) < 4.78 is 21.0. The highest BCUT2D eigenvalue weighted by atomic mass is 35.5. The summed E-state index contributed by atoms with van der Waals surface area (Å²) in [6, 6.07) is 1.00. The van der Waals surface area contributed by atoms with Crippen molar-refractivity contribution in [2.24, 2.45) is 6.98 Å². The van der Waals surface area contributed by atoms with Crippen molar-refractivity contribution in [3.63, 3.8) is 0 Å². The summed E-state index contributed by atoms with van der Waals surface area (Å²) in [6.45, 7) is -2.54. The minimum Gasteiger partial charge on any atom is -0.268 e. The molecule has 0 saturated heterocycles. The highest BCUT2D eigenvalue weighted by Gasteiger charge is 1.89. The van der Waals surface area contributed by atoms with E-state index < -0.39 is 12.5 Å². The van der Waals surface area contributed by atoms with Crippen molar-refractivity contribution in [3.8, 4) is 0 Å². The molecule has 1 aromatic rings. The summed E-state index contributed by atoms with van der Waals surface area (Å²) in [5, 5.41) is 3.48. The van der Waals surface area contributed by atoms with Crippen LogP contribution in [-0.4, -0.2) is 9.78 Å². The van der Waals surface area contributed by atoms with Crippen LogP contribution < -0.4 is 5.56 Å². The summed E-state index contributed by atoms with van der Waals surface area (Å²) in [4.78, 5) is 10.9. The Morgan fingerprint density at radius 3 is 3.33 bits per heavy atom. The maximum Gasteiger partial charge on any atom is 0.267 e. The Labute approximate surface area is 61.1 Å². The van der Waals surface area contributed by atoms with E-state index in [-0.39, 0.29) is 5.02 Å². The third kappa shape index (κ3) is 1.29. The lowest BCUT2D eigenvalue weighted by Gasteiger charge is -1.91. The fraction of sp³-hybridized carbons (Fsp3) is 0.200. The van der Waals surface area contributed by atoms with Crippen molar-refractivity contribution in [1.82, 2.24) is 9.78 Å². The van der Waals surface area contributed by atoms with Gasteiger partial charge in [0.2, 0.25) is 0 Å². The highest BCUT2D eigenvalue weighted by Crippen LogP contribution is 1.97. The van der Waals surface area contributed by atoms with E-state index >= 15 is 0 Å². The topological polar surface area (TPSA) is 34.9 Å². The summed E-state index contributed by atoms with van der Waals surface area (Å²) in [5.74, 6) is 0. The van der Waals surface area contributed by atoms with Crippen LogP contribution in [0, 0.1) is 0 Å². The first-order valence-electron chi connectivity index (χ1n) is 3.66. The normalized spacial score (nSPS) is 15.9. The quantitative estimate of drug-likeness (QED) is 0.534. The molecular formula is C5H5ClN2O. The molecule has 1 rings (SSSR count). The summed E-state index contributed by atoms with van der Waals surface area (Å²) >= 11 is 5.41. The van der Waals surface area contributed by atoms with Gasteiger partial charge in [-0.15, -0.1) is 0 Å². The molecule has 0 spiro atoms. The smallest absolute Gasteiger partial charge is 0.267 e. The van der Waals surface area contributed by atoms with E-state index in [4.69, 9.17) is 15.7 Å². The van der Waals surface area contributed by atoms with Gasteiger partial charge in [0.05, 0.1) is 11.2 Å². The maximum absolute atomic E-state index is 10.9. The predicted molar refractivity (Wildman–Crippen MR) is 34.5 cm³/mol. The molecule has 3 nitrogen and oxygen atoms in total. The molecular weight excluding hydrogens is 140 g/mol. The van der Waals surface area contributed by atoms with Gasteiger partial charge in [0, 0.05) is 17.2 Å². The van der Waals surface area contributed by atoms with Crippen molar-refractivity contribution >= 4 is 11.6 Å². The van der Waals surface area contributed by atoms with E-state index in [0.29, 0.717) is 4.68 Å². The lowest BCUT2D eigenvalue weighted by molar-refractivity contribution is 0.707. The molecule has 1 aromatic heterocycles. The molecule has 1 heterocycles. The Morgan fingerprint density at radius 1 is 2.00 bits per heavy atom. The van der Waals surface area contributed by atoms with Crippen molar-refractivity contribution in [3.05, 3.63) is 27.6 Å². The number of nitrogens with zero attached hydrogens (tertiary/aromatic N) is 2. The van der Waals surface area contributed by atoms with Crippen LogP contribution in [0.3, 0.4) is 0 Å². The molecule has 48 valence electrons. The first-order chi connectivity index (χ1) is 5.41. The Balaban J connectivity index is 3.29. The largest absolute Gasteiger partial charge is 0.268 e. The predicted octanol–water partition coefficient (Wildman–Crippen LogP) is 0.434. The molecule has 4 heteroatoms. The van der Waals surface area contributed by atoms with E-state index in [1.165, 1.54) is 0 Å². The first-order valence-corrected chi connectivity index (χ1v) is 2.54. The van der Waals surface area contributed by atoms with Crippen LogP contribution >= 0.6 is 11.6 Å². The van der Waals surface area contributed by atoms with Crippen molar-refractivity contribution in [1.29, 1.82) is 0 Å². The van der Waals surface area contributed by atoms with Gasteiger partial charge in [-0.2, -0.15) is 5.10 Å². The molecule has 0 aliphatic heterocycles. The van der Waals surface area contributed by atoms with Gasteiger partial charge in [0.1, 0.15) is 0 Å². The van der Waals surface area contributed by atoms with Gasteiger partial charge in [-0.25, -0.2) is 4.68 Å². The van der Waals surface area contributed by atoms with Crippen LogP contribution in [0.5, 0.6) is 0 Å². The summed E-state index contributed by atoms with van der Waals surface area (Å²) in [5.41, 5.74) is -0.734. The van der Waals surface area contributed by atoms with Crippen LogP contribution in [-0.2, 0) is 6.98 Å². The van der Waals surface area contributed by atoms with E-state index in [2.05, 4.69) is 5.10 Å². The Hall–Kier alpha value is -0.830. The molecule has 9 heavy (non-hydrogen) atoms. The Morgan fingerprint density at radius 2 is 2.78 bits per heavy atom. The number of halogens is 1. The fourth-order valence-corrected chi connectivity index (χ4v) is 0.523. The summed E-state index contributed by atoms with van der Waals surface area (Å²) in [7, 11) is 0. The molecule has 0 aliphatic rings. The molecule has 0 radical (unpaired) electrons. The molecule has 0 aliphatic carbocycles. The van der Waals surface area contributed by atoms with Crippen LogP contribution in [0.4, 0.5) is 0 Å². The van der Waals surface area contributed by atoms with Crippen LogP contribution in [0.25, 0.3) is 0 Å². The van der Waals surface area contributed by atoms with Crippen molar-refractivity contribution in [2.45, 2.75) is 0 Å². The number of aryl methyl sites for hydroxylation is 1. The number of rotatable bonds is 0. The third-order valence-electron chi connectivity index (χ3n) is 0.767.